The Morgan fingerprint density at radius 1 is 1.32 bits per heavy atom. The average Bonchev–Trinajstić information content (AvgIpc) is 2.58. The Morgan fingerprint density at radius 2 is 2.00 bits per heavy atom. The number of carboxylic acid groups (broad SMARTS) is 1. The number of β-lactam (4-membered cyclic amide) rings is 1. The summed E-state index contributed by atoms with van der Waals surface area (Å²) in [4.78, 5) is 37.2. The maximum absolute atomic E-state index is 12.6. The summed E-state index contributed by atoms with van der Waals surface area (Å²) in [5.74, 6) is -3.16. The van der Waals surface area contributed by atoms with Crippen molar-refractivity contribution in [2.75, 3.05) is 5.75 Å². The van der Waals surface area contributed by atoms with Crippen LogP contribution in [0.5, 0.6) is 0 Å². The van der Waals surface area contributed by atoms with Gasteiger partial charge in [0, 0.05) is 10.8 Å². The van der Waals surface area contributed by atoms with Crippen molar-refractivity contribution in [3.8, 4) is 0 Å². The molecule has 0 radical (unpaired) electrons. The summed E-state index contributed by atoms with van der Waals surface area (Å²) >= 11 is 12.8. The summed E-state index contributed by atoms with van der Waals surface area (Å²) < 4.78 is 33.0. The first-order chi connectivity index (χ1) is 13.0. The third-order valence-corrected chi connectivity index (χ3v) is 7.18. The van der Waals surface area contributed by atoms with Gasteiger partial charge >= 0.3 is 5.97 Å². The van der Waals surface area contributed by atoms with Gasteiger partial charge in [0.1, 0.15) is 17.1 Å². The number of rotatable bonds is 5. The SMILES string of the molecule is O=C(O)C1=C(Cl)CS[C@@H]2C(NC(=O)C(c3cccc(Cl)c3)S(=O)(=O)O)C(=O)N12. The van der Waals surface area contributed by atoms with Crippen LogP contribution in [0.3, 0.4) is 0 Å². The largest absolute Gasteiger partial charge is 0.477 e. The molecule has 28 heavy (non-hydrogen) atoms. The number of fused-ring (bicyclic) bond motifs is 1. The van der Waals surface area contributed by atoms with E-state index in [9.17, 15) is 32.5 Å². The summed E-state index contributed by atoms with van der Waals surface area (Å²) in [6.07, 6.45) is 0. The van der Waals surface area contributed by atoms with Gasteiger partial charge in [-0.1, -0.05) is 35.3 Å². The molecule has 3 atom stereocenters. The number of halogens is 2. The van der Waals surface area contributed by atoms with Crippen molar-refractivity contribution in [3.05, 3.63) is 45.6 Å². The number of carbonyl (C=O) groups is 3. The number of benzene rings is 1. The lowest BCUT2D eigenvalue weighted by Gasteiger charge is -2.48. The third kappa shape index (κ3) is 3.72. The van der Waals surface area contributed by atoms with Crippen molar-refractivity contribution >= 4 is 62.9 Å². The lowest BCUT2D eigenvalue weighted by Crippen LogP contribution is -2.70. The summed E-state index contributed by atoms with van der Waals surface area (Å²) in [5, 5.41) is 8.88. The van der Waals surface area contributed by atoms with Crippen LogP contribution in [0.25, 0.3) is 0 Å². The Kier molecular flexibility index (Phi) is 5.65. The van der Waals surface area contributed by atoms with Crippen molar-refractivity contribution in [2.45, 2.75) is 16.7 Å². The Morgan fingerprint density at radius 3 is 2.57 bits per heavy atom. The van der Waals surface area contributed by atoms with Gasteiger partial charge in [0.05, 0.1) is 5.03 Å². The first-order valence-electron chi connectivity index (χ1n) is 7.61. The number of nitrogens with one attached hydrogen (secondary N) is 1. The molecule has 2 aliphatic rings. The van der Waals surface area contributed by atoms with Crippen LogP contribution in [-0.2, 0) is 24.5 Å². The quantitative estimate of drug-likeness (QED) is 0.434. The van der Waals surface area contributed by atoms with Crippen molar-refractivity contribution in [1.82, 2.24) is 10.2 Å². The zero-order chi connectivity index (χ0) is 20.8. The maximum atomic E-state index is 12.6. The highest BCUT2D eigenvalue weighted by molar-refractivity contribution is 8.00. The topological polar surface area (TPSA) is 141 Å². The third-order valence-electron chi connectivity index (χ3n) is 4.11. The predicted molar refractivity (Wildman–Crippen MR) is 101 cm³/mol. The number of hydrogen-bond donors (Lipinski definition) is 3. The number of carboxylic acids is 1. The fraction of sp³-hybridized carbons (Fsp3) is 0.267. The van der Waals surface area contributed by atoms with Gasteiger partial charge in [-0.3, -0.25) is 19.0 Å². The normalized spacial score (nSPS) is 23.0. The van der Waals surface area contributed by atoms with E-state index in [1.807, 2.05) is 0 Å². The lowest BCUT2D eigenvalue weighted by atomic mass is 10.0. The highest BCUT2D eigenvalue weighted by atomic mass is 35.5. The molecule has 2 heterocycles. The lowest BCUT2D eigenvalue weighted by molar-refractivity contribution is -0.150. The Balaban J connectivity index is 1.85. The van der Waals surface area contributed by atoms with E-state index < -0.39 is 44.6 Å². The molecule has 1 aromatic rings. The first kappa shape index (κ1) is 20.9. The number of carbonyl (C=O) groups excluding carboxylic acids is 2. The zero-order valence-corrected chi connectivity index (χ0v) is 16.8. The van der Waals surface area contributed by atoms with Crippen LogP contribution in [0.2, 0.25) is 5.02 Å². The molecule has 0 bridgehead atoms. The molecule has 1 saturated heterocycles. The summed E-state index contributed by atoms with van der Waals surface area (Å²) in [6, 6.07) is 4.19. The Bertz CT molecular complexity index is 1010. The van der Waals surface area contributed by atoms with Crippen LogP contribution in [0.1, 0.15) is 10.8 Å². The minimum atomic E-state index is -4.87. The molecule has 9 nitrogen and oxygen atoms in total. The van der Waals surface area contributed by atoms with Crippen LogP contribution in [-0.4, -0.2) is 57.9 Å². The molecule has 1 aromatic carbocycles. The molecule has 0 aliphatic carbocycles. The van der Waals surface area contributed by atoms with Gasteiger partial charge in [-0.05, 0) is 17.7 Å². The second-order valence-electron chi connectivity index (χ2n) is 5.90. The molecule has 2 amide bonds. The van der Waals surface area contributed by atoms with Crippen molar-refractivity contribution < 1.29 is 32.5 Å². The highest BCUT2D eigenvalue weighted by Crippen LogP contribution is 2.41. The molecular formula is C15H12Cl2N2O7S2. The summed E-state index contributed by atoms with van der Waals surface area (Å²) in [6.45, 7) is 0. The standard InChI is InChI=1S/C15H12Cl2N2O7S2/c16-7-3-1-2-6(4-7)11(28(24,25)26)12(20)18-9-13(21)19-10(15(22)23)8(17)5-27-14(9)19/h1-4,9,11,14H,5H2,(H,18,20)(H,22,23)(H,24,25,26)/t9?,11?,14-/m1/s1. The molecule has 2 aliphatic heterocycles. The van der Waals surface area contributed by atoms with Crippen LogP contribution in [0.4, 0.5) is 0 Å². The molecular weight excluding hydrogens is 455 g/mol. The minimum absolute atomic E-state index is 0.0124. The van der Waals surface area contributed by atoms with Gasteiger partial charge in [-0.15, -0.1) is 11.8 Å². The van der Waals surface area contributed by atoms with Crippen LogP contribution in [0, 0.1) is 0 Å². The van der Waals surface area contributed by atoms with Crippen LogP contribution in [0.15, 0.2) is 35.0 Å². The number of thioether (sulfide) groups is 1. The molecule has 0 saturated carbocycles. The second kappa shape index (κ2) is 7.56. The van der Waals surface area contributed by atoms with E-state index >= 15 is 0 Å². The zero-order valence-electron chi connectivity index (χ0n) is 13.7. The molecule has 2 unspecified atom stereocenters. The van der Waals surface area contributed by atoms with Crippen LogP contribution < -0.4 is 5.32 Å². The predicted octanol–water partition coefficient (Wildman–Crippen LogP) is 1.20. The van der Waals surface area contributed by atoms with Crippen molar-refractivity contribution in [1.29, 1.82) is 0 Å². The molecule has 13 heteroatoms. The number of amides is 2. The van der Waals surface area contributed by atoms with E-state index in [1.54, 1.807) is 0 Å². The summed E-state index contributed by atoms with van der Waals surface area (Å²) in [5.41, 5.74) is -0.455. The maximum Gasteiger partial charge on any atom is 0.353 e. The Labute approximate surface area is 173 Å². The van der Waals surface area contributed by atoms with E-state index in [1.165, 1.54) is 24.3 Å². The smallest absolute Gasteiger partial charge is 0.353 e. The van der Waals surface area contributed by atoms with E-state index in [-0.39, 0.29) is 27.1 Å². The van der Waals surface area contributed by atoms with E-state index in [4.69, 9.17) is 23.2 Å². The van der Waals surface area contributed by atoms with Gasteiger partial charge < -0.3 is 10.4 Å². The number of nitrogens with zero attached hydrogens (tertiary/aromatic N) is 1. The van der Waals surface area contributed by atoms with E-state index in [2.05, 4.69) is 5.32 Å². The number of aliphatic carboxylic acids is 1. The van der Waals surface area contributed by atoms with E-state index in [0.717, 1.165) is 16.7 Å². The van der Waals surface area contributed by atoms with Crippen molar-refractivity contribution in [3.63, 3.8) is 0 Å². The van der Waals surface area contributed by atoms with Gasteiger partial charge in [0.2, 0.25) is 5.91 Å². The van der Waals surface area contributed by atoms with Crippen molar-refractivity contribution in [2.24, 2.45) is 0 Å². The monoisotopic (exact) mass is 466 g/mol. The molecule has 0 spiro atoms. The van der Waals surface area contributed by atoms with E-state index in [0.29, 0.717) is 0 Å². The van der Waals surface area contributed by atoms with Crippen LogP contribution >= 0.6 is 35.0 Å². The first-order valence-corrected chi connectivity index (χ1v) is 10.9. The summed E-state index contributed by atoms with van der Waals surface area (Å²) in [7, 11) is -4.87. The highest BCUT2D eigenvalue weighted by Gasteiger charge is 2.55. The second-order valence-corrected chi connectivity index (χ2v) is 9.40. The molecule has 1 fully saturated rings. The molecule has 0 aromatic heterocycles. The molecule has 150 valence electrons. The minimum Gasteiger partial charge on any atom is -0.477 e. The Hall–Kier alpha value is -1.79. The van der Waals surface area contributed by atoms with Gasteiger partial charge in [0.25, 0.3) is 16.0 Å². The molecule has 3 rings (SSSR count). The fourth-order valence-corrected chi connectivity index (χ4v) is 5.52. The fourth-order valence-electron chi connectivity index (χ4n) is 2.94. The van der Waals surface area contributed by atoms with Gasteiger partial charge in [-0.25, -0.2) is 4.79 Å². The van der Waals surface area contributed by atoms with Gasteiger partial charge in [-0.2, -0.15) is 8.42 Å². The van der Waals surface area contributed by atoms with Gasteiger partial charge in [0.15, 0.2) is 5.25 Å². The molecule has 3 N–H and O–H groups in total. The average molecular weight is 467 g/mol. The number of hydrogen-bond acceptors (Lipinski definition) is 6.